The lowest BCUT2D eigenvalue weighted by molar-refractivity contribution is 0.102. The first-order chi connectivity index (χ1) is 8.49. The van der Waals surface area contributed by atoms with Crippen LogP contribution in [0.15, 0.2) is 18.2 Å². The Morgan fingerprint density at radius 3 is 2.67 bits per heavy atom. The molecule has 0 fully saturated rings. The summed E-state index contributed by atoms with van der Waals surface area (Å²) >= 11 is 1.38. The van der Waals surface area contributed by atoms with Crippen molar-refractivity contribution < 1.29 is 9.18 Å². The Hall–Kier alpha value is -1.75. The minimum Gasteiger partial charge on any atom is -0.298 e. The number of amides is 1. The Kier molecular flexibility index (Phi) is 3.43. The third-order valence-electron chi connectivity index (χ3n) is 2.69. The molecule has 1 heterocycles. The Morgan fingerprint density at radius 2 is 2.06 bits per heavy atom. The molecule has 1 N–H and O–H groups in total. The number of nitrogens with one attached hydrogen (secondary N) is 1. The quantitative estimate of drug-likeness (QED) is 0.902. The SMILES string of the molecule is Cc1cccc(C(=O)Nc2nc(C)c(C)s2)c1F. The predicted octanol–water partition coefficient (Wildman–Crippen LogP) is 3.46. The highest BCUT2D eigenvalue weighted by Gasteiger charge is 2.15. The molecule has 0 aliphatic carbocycles. The molecule has 1 amide bonds. The van der Waals surface area contributed by atoms with E-state index < -0.39 is 11.7 Å². The first-order valence-corrected chi connectivity index (χ1v) is 6.31. The van der Waals surface area contributed by atoms with Crippen LogP contribution in [0.2, 0.25) is 0 Å². The van der Waals surface area contributed by atoms with Crippen molar-refractivity contribution in [2.45, 2.75) is 20.8 Å². The van der Waals surface area contributed by atoms with Gasteiger partial charge in [-0.25, -0.2) is 9.37 Å². The number of benzene rings is 1. The highest BCUT2D eigenvalue weighted by molar-refractivity contribution is 7.15. The summed E-state index contributed by atoms with van der Waals surface area (Å²) in [6.45, 7) is 5.43. The molecule has 0 atom stereocenters. The third-order valence-corrected chi connectivity index (χ3v) is 3.67. The number of carbonyl (C=O) groups is 1. The molecule has 0 saturated carbocycles. The van der Waals surface area contributed by atoms with Crippen LogP contribution in [0.5, 0.6) is 0 Å². The second-order valence-electron chi connectivity index (χ2n) is 4.05. The third kappa shape index (κ3) is 2.41. The van der Waals surface area contributed by atoms with E-state index in [0.29, 0.717) is 10.7 Å². The fraction of sp³-hybridized carbons (Fsp3) is 0.231. The average Bonchev–Trinajstić information content (AvgIpc) is 2.61. The lowest BCUT2D eigenvalue weighted by Crippen LogP contribution is -2.14. The van der Waals surface area contributed by atoms with Gasteiger partial charge >= 0.3 is 0 Å². The Bertz CT molecular complexity index is 588. The lowest BCUT2D eigenvalue weighted by Gasteiger charge is -2.04. The Balaban J connectivity index is 2.24. The molecule has 2 rings (SSSR count). The molecule has 0 aliphatic rings. The van der Waals surface area contributed by atoms with E-state index in [4.69, 9.17) is 0 Å². The van der Waals surface area contributed by atoms with Crippen molar-refractivity contribution >= 4 is 22.4 Å². The molecule has 1 aromatic heterocycles. The molecule has 0 unspecified atom stereocenters. The monoisotopic (exact) mass is 264 g/mol. The summed E-state index contributed by atoms with van der Waals surface area (Å²) in [6, 6.07) is 4.75. The van der Waals surface area contributed by atoms with Gasteiger partial charge in [-0.15, -0.1) is 11.3 Å². The standard InChI is InChI=1S/C13H13FN2OS/c1-7-5-4-6-10(11(7)14)12(17)16-13-15-8(2)9(3)18-13/h4-6H,1-3H3,(H,15,16,17). The van der Waals surface area contributed by atoms with Gasteiger partial charge in [-0.3, -0.25) is 10.1 Å². The molecule has 0 radical (unpaired) electrons. The van der Waals surface area contributed by atoms with Crippen molar-refractivity contribution in [1.82, 2.24) is 4.98 Å². The van der Waals surface area contributed by atoms with E-state index in [1.165, 1.54) is 17.4 Å². The second-order valence-corrected chi connectivity index (χ2v) is 5.25. The molecular weight excluding hydrogens is 251 g/mol. The van der Waals surface area contributed by atoms with E-state index in [-0.39, 0.29) is 5.56 Å². The van der Waals surface area contributed by atoms with Gasteiger partial charge in [0.2, 0.25) is 0 Å². The summed E-state index contributed by atoms with van der Waals surface area (Å²) in [7, 11) is 0. The van der Waals surface area contributed by atoms with Gasteiger partial charge in [0.1, 0.15) is 5.82 Å². The number of rotatable bonds is 2. The summed E-state index contributed by atoms with van der Waals surface area (Å²) in [4.78, 5) is 17.2. The molecule has 0 saturated heterocycles. The second kappa shape index (κ2) is 4.86. The molecule has 3 nitrogen and oxygen atoms in total. The number of aromatic nitrogens is 1. The summed E-state index contributed by atoms with van der Waals surface area (Å²) < 4.78 is 13.8. The summed E-state index contributed by atoms with van der Waals surface area (Å²) in [5, 5.41) is 3.11. The van der Waals surface area contributed by atoms with Crippen LogP contribution in [0.25, 0.3) is 0 Å². The molecule has 2 aromatic rings. The van der Waals surface area contributed by atoms with E-state index in [9.17, 15) is 9.18 Å². The fourth-order valence-corrected chi connectivity index (χ4v) is 2.32. The molecular formula is C13H13FN2OS. The summed E-state index contributed by atoms with van der Waals surface area (Å²) in [5.74, 6) is -0.954. The number of anilines is 1. The minimum absolute atomic E-state index is 0.0421. The zero-order valence-corrected chi connectivity index (χ0v) is 11.2. The summed E-state index contributed by atoms with van der Waals surface area (Å²) in [6.07, 6.45) is 0. The van der Waals surface area contributed by atoms with Crippen LogP contribution in [0, 0.1) is 26.6 Å². The van der Waals surface area contributed by atoms with Crippen LogP contribution in [0.1, 0.15) is 26.5 Å². The van der Waals surface area contributed by atoms with Gasteiger partial charge in [-0.05, 0) is 32.4 Å². The molecule has 0 aliphatic heterocycles. The summed E-state index contributed by atoms with van der Waals surface area (Å²) in [5.41, 5.74) is 1.37. The highest BCUT2D eigenvalue weighted by Crippen LogP contribution is 2.22. The number of carbonyl (C=O) groups excluding carboxylic acids is 1. The van der Waals surface area contributed by atoms with E-state index in [2.05, 4.69) is 10.3 Å². The maximum Gasteiger partial charge on any atom is 0.260 e. The van der Waals surface area contributed by atoms with E-state index in [1.807, 2.05) is 13.8 Å². The van der Waals surface area contributed by atoms with Crippen molar-refractivity contribution in [2.75, 3.05) is 5.32 Å². The molecule has 94 valence electrons. The van der Waals surface area contributed by atoms with Gasteiger partial charge in [-0.2, -0.15) is 0 Å². The van der Waals surface area contributed by atoms with Crippen LogP contribution in [0.3, 0.4) is 0 Å². The van der Waals surface area contributed by atoms with Gasteiger partial charge in [0.05, 0.1) is 11.3 Å². The van der Waals surface area contributed by atoms with Crippen LogP contribution >= 0.6 is 11.3 Å². The van der Waals surface area contributed by atoms with Gasteiger partial charge < -0.3 is 0 Å². The maximum atomic E-state index is 13.8. The van der Waals surface area contributed by atoms with Crippen molar-refractivity contribution in [3.63, 3.8) is 0 Å². The minimum atomic E-state index is -0.486. The van der Waals surface area contributed by atoms with Gasteiger partial charge in [0.25, 0.3) is 5.91 Å². The van der Waals surface area contributed by atoms with Crippen LogP contribution in [-0.2, 0) is 0 Å². The van der Waals surface area contributed by atoms with Crippen LogP contribution in [0.4, 0.5) is 9.52 Å². The zero-order valence-electron chi connectivity index (χ0n) is 10.4. The topological polar surface area (TPSA) is 42.0 Å². The predicted molar refractivity (Wildman–Crippen MR) is 70.7 cm³/mol. The zero-order chi connectivity index (χ0) is 13.3. The largest absolute Gasteiger partial charge is 0.298 e. The number of thiazole rings is 1. The van der Waals surface area contributed by atoms with Crippen molar-refractivity contribution in [3.05, 3.63) is 45.7 Å². The highest BCUT2D eigenvalue weighted by atomic mass is 32.1. The van der Waals surface area contributed by atoms with Crippen LogP contribution < -0.4 is 5.32 Å². The smallest absolute Gasteiger partial charge is 0.260 e. The lowest BCUT2D eigenvalue weighted by atomic mass is 10.1. The van der Waals surface area contributed by atoms with Gasteiger partial charge in [0, 0.05) is 4.88 Å². The molecule has 0 bridgehead atoms. The number of halogens is 1. The molecule has 18 heavy (non-hydrogen) atoms. The Morgan fingerprint density at radius 1 is 1.33 bits per heavy atom. The van der Waals surface area contributed by atoms with Gasteiger partial charge in [0.15, 0.2) is 5.13 Å². The fourth-order valence-electron chi connectivity index (χ4n) is 1.51. The van der Waals surface area contributed by atoms with Crippen molar-refractivity contribution in [1.29, 1.82) is 0 Å². The van der Waals surface area contributed by atoms with Gasteiger partial charge in [-0.1, -0.05) is 12.1 Å². The molecule has 0 spiro atoms. The average molecular weight is 264 g/mol. The van der Waals surface area contributed by atoms with E-state index >= 15 is 0 Å². The number of hydrogen-bond donors (Lipinski definition) is 1. The molecule has 1 aromatic carbocycles. The first kappa shape index (κ1) is 12.7. The first-order valence-electron chi connectivity index (χ1n) is 5.49. The van der Waals surface area contributed by atoms with E-state index in [0.717, 1.165) is 10.6 Å². The number of hydrogen-bond acceptors (Lipinski definition) is 3. The van der Waals surface area contributed by atoms with Crippen molar-refractivity contribution in [3.8, 4) is 0 Å². The normalized spacial score (nSPS) is 10.4. The van der Waals surface area contributed by atoms with E-state index in [1.54, 1.807) is 19.1 Å². The molecule has 5 heteroatoms. The van der Waals surface area contributed by atoms with Crippen LogP contribution in [-0.4, -0.2) is 10.9 Å². The van der Waals surface area contributed by atoms with Crippen molar-refractivity contribution in [2.24, 2.45) is 0 Å². The maximum absolute atomic E-state index is 13.8. The number of aryl methyl sites for hydroxylation is 3. The Labute approximate surface area is 109 Å². The number of nitrogens with zero attached hydrogens (tertiary/aromatic N) is 1.